The van der Waals surface area contributed by atoms with Gasteiger partial charge in [0, 0.05) is 18.7 Å². The van der Waals surface area contributed by atoms with E-state index in [1.165, 1.54) is 16.7 Å². The molecule has 1 atom stereocenters. The Morgan fingerprint density at radius 1 is 1.42 bits per heavy atom. The zero-order chi connectivity index (χ0) is 13.1. The third-order valence-electron chi connectivity index (χ3n) is 3.58. The van der Waals surface area contributed by atoms with E-state index in [1.54, 1.807) is 12.5 Å². The first-order valence-corrected chi connectivity index (χ1v) is 6.68. The second-order valence-corrected chi connectivity index (χ2v) is 4.81. The first-order chi connectivity index (χ1) is 9.40. The number of rotatable bonds is 3. The highest BCUT2D eigenvalue weighted by Crippen LogP contribution is 2.33. The second-order valence-electron chi connectivity index (χ2n) is 4.81. The molecule has 0 amide bonds. The van der Waals surface area contributed by atoms with Crippen LogP contribution >= 0.6 is 0 Å². The van der Waals surface area contributed by atoms with Gasteiger partial charge in [-0.1, -0.05) is 23.4 Å². The molecule has 0 radical (unpaired) electrons. The molecular weight excluding hydrogens is 240 g/mol. The first-order valence-electron chi connectivity index (χ1n) is 6.68. The van der Waals surface area contributed by atoms with Crippen LogP contribution in [0.5, 0.6) is 0 Å². The molecule has 0 spiro atoms. The van der Waals surface area contributed by atoms with Crippen LogP contribution in [0.1, 0.15) is 23.7 Å². The lowest BCUT2D eigenvalue weighted by Gasteiger charge is -2.19. The quantitative estimate of drug-likeness (QED) is 0.919. The number of hydrogen-bond acceptors (Lipinski definition) is 4. The van der Waals surface area contributed by atoms with Gasteiger partial charge in [-0.2, -0.15) is 0 Å². The van der Waals surface area contributed by atoms with Crippen LogP contribution in [-0.4, -0.2) is 25.4 Å². The summed E-state index contributed by atoms with van der Waals surface area (Å²) in [7, 11) is 1.96. The van der Waals surface area contributed by atoms with E-state index in [9.17, 15) is 0 Å². The normalized spacial score (nSPS) is 18.9. The van der Waals surface area contributed by atoms with Crippen molar-refractivity contribution in [1.29, 1.82) is 0 Å². The summed E-state index contributed by atoms with van der Waals surface area (Å²) in [6, 6.07) is 6.38. The van der Waals surface area contributed by atoms with Gasteiger partial charge in [0.1, 0.15) is 6.26 Å². The Labute approximate surface area is 112 Å². The van der Waals surface area contributed by atoms with Crippen molar-refractivity contribution in [2.45, 2.75) is 18.9 Å². The van der Waals surface area contributed by atoms with Crippen molar-refractivity contribution in [2.24, 2.45) is 0 Å². The Bertz CT molecular complexity index is 537. The minimum atomic E-state index is 0.127. The molecule has 1 aliphatic heterocycles. The van der Waals surface area contributed by atoms with Crippen molar-refractivity contribution < 1.29 is 9.26 Å². The van der Waals surface area contributed by atoms with Crippen LogP contribution in [0.4, 0.5) is 0 Å². The molecule has 19 heavy (non-hydrogen) atoms. The number of benzene rings is 1. The molecule has 1 N–H and O–H groups in total. The largest absolute Gasteiger partial charge is 0.372 e. The minimum absolute atomic E-state index is 0.127. The number of hydrogen-bond donors (Lipinski definition) is 1. The molecule has 0 aliphatic carbocycles. The van der Waals surface area contributed by atoms with Crippen LogP contribution in [0.25, 0.3) is 11.1 Å². The number of likely N-dealkylation sites (N-methyl/N-ethyl adjacent to an activating group) is 1. The molecule has 3 rings (SSSR count). The summed E-state index contributed by atoms with van der Waals surface area (Å²) in [5, 5.41) is 7.01. The fourth-order valence-corrected chi connectivity index (χ4v) is 2.71. The van der Waals surface area contributed by atoms with Gasteiger partial charge in [-0.25, -0.2) is 0 Å². The highest BCUT2D eigenvalue weighted by molar-refractivity contribution is 5.67. The third kappa shape index (κ3) is 2.41. The SMILES string of the molecule is CNCC1OCCCc2c(-c3cnoc3)cccc21. The fourth-order valence-electron chi connectivity index (χ4n) is 2.71. The lowest BCUT2D eigenvalue weighted by atomic mass is 9.92. The summed E-state index contributed by atoms with van der Waals surface area (Å²) >= 11 is 0. The molecule has 1 unspecified atom stereocenters. The number of nitrogens with zero attached hydrogens (tertiary/aromatic N) is 1. The Kier molecular flexibility index (Phi) is 3.62. The maximum Gasteiger partial charge on any atom is 0.131 e. The summed E-state index contributed by atoms with van der Waals surface area (Å²) in [6.07, 6.45) is 5.69. The van der Waals surface area contributed by atoms with Crippen LogP contribution in [0.2, 0.25) is 0 Å². The molecule has 1 aromatic heterocycles. The van der Waals surface area contributed by atoms with Crippen molar-refractivity contribution in [3.63, 3.8) is 0 Å². The second kappa shape index (κ2) is 5.55. The predicted octanol–water partition coefficient (Wildman–Crippen LogP) is 2.56. The highest BCUT2D eigenvalue weighted by Gasteiger charge is 2.21. The molecule has 0 saturated carbocycles. The molecule has 1 aliphatic rings. The van der Waals surface area contributed by atoms with Gasteiger partial charge in [-0.05, 0) is 36.6 Å². The van der Waals surface area contributed by atoms with E-state index < -0.39 is 0 Å². The van der Waals surface area contributed by atoms with Gasteiger partial charge in [0.05, 0.1) is 12.3 Å². The molecule has 0 fully saturated rings. The van der Waals surface area contributed by atoms with Crippen molar-refractivity contribution in [3.05, 3.63) is 41.8 Å². The van der Waals surface area contributed by atoms with E-state index in [0.717, 1.165) is 31.6 Å². The third-order valence-corrected chi connectivity index (χ3v) is 3.58. The average molecular weight is 258 g/mol. The van der Waals surface area contributed by atoms with Crippen molar-refractivity contribution in [2.75, 3.05) is 20.2 Å². The summed E-state index contributed by atoms with van der Waals surface area (Å²) in [5.41, 5.74) is 4.90. The van der Waals surface area contributed by atoms with Gasteiger partial charge < -0.3 is 14.6 Å². The Balaban J connectivity index is 2.07. The lowest BCUT2D eigenvalue weighted by molar-refractivity contribution is 0.0579. The van der Waals surface area contributed by atoms with Crippen molar-refractivity contribution in [1.82, 2.24) is 10.5 Å². The Hall–Kier alpha value is -1.65. The topological polar surface area (TPSA) is 47.3 Å². The van der Waals surface area contributed by atoms with Crippen LogP contribution in [0, 0.1) is 0 Å². The van der Waals surface area contributed by atoms with Crippen LogP contribution in [0.3, 0.4) is 0 Å². The number of nitrogens with one attached hydrogen (secondary N) is 1. The van der Waals surface area contributed by atoms with Gasteiger partial charge in [-0.3, -0.25) is 0 Å². The minimum Gasteiger partial charge on any atom is -0.372 e. The average Bonchev–Trinajstić information content (AvgIpc) is 2.89. The summed E-state index contributed by atoms with van der Waals surface area (Å²) in [6.45, 7) is 1.64. The van der Waals surface area contributed by atoms with Gasteiger partial charge in [0.25, 0.3) is 0 Å². The maximum absolute atomic E-state index is 5.94. The number of aromatic nitrogens is 1. The summed E-state index contributed by atoms with van der Waals surface area (Å²) in [5.74, 6) is 0. The van der Waals surface area contributed by atoms with Gasteiger partial charge in [0.15, 0.2) is 0 Å². The smallest absolute Gasteiger partial charge is 0.131 e. The van der Waals surface area contributed by atoms with Crippen molar-refractivity contribution in [3.8, 4) is 11.1 Å². The molecular formula is C15H18N2O2. The number of ether oxygens (including phenoxy) is 1. The molecule has 0 bridgehead atoms. The predicted molar refractivity (Wildman–Crippen MR) is 72.9 cm³/mol. The lowest BCUT2D eigenvalue weighted by Crippen LogP contribution is -2.19. The summed E-state index contributed by atoms with van der Waals surface area (Å²) < 4.78 is 10.9. The molecule has 2 aromatic rings. The molecule has 100 valence electrons. The first kappa shape index (κ1) is 12.4. The molecule has 4 nitrogen and oxygen atoms in total. The zero-order valence-electron chi connectivity index (χ0n) is 11.1. The van der Waals surface area contributed by atoms with Crippen LogP contribution in [-0.2, 0) is 11.2 Å². The van der Waals surface area contributed by atoms with E-state index in [4.69, 9.17) is 9.26 Å². The Morgan fingerprint density at radius 2 is 2.37 bits per heavy atom. The maximum atomic E-state index is 5.94. The van der Waals surface area contributed by atoms with Gasteiger partial charge >= 0.3 is 0 Å². The zero-order valence-corrected chi connectivity index (χ0v) is 11.1. The molecule has 2 heterocycles. The van der Waals surface area contributed by atoms with Crippen molar-refractivity contribution >= 4 is 0 Å². The Morgan fingerprint density at radius 3 is 3.16 bits per heavy atom. The monoisotopic (exact) mass is 258 g/mol. The van der Waals surface area contributed by atoms with E-state index in [1.807, 2.05) is 7.05 Å². The molecule has 1 aromatic carbocycles. The fraction of sp³-hybridized carbons (Fsp3) is 0.400. The van der Waals surface area contributed by atoms with Gasteiger partial charge in [-0.15, -0.1) is 0 Å². The standard InChI is InChI=1S/C15H18N2O2/c1-16-9-15-14-5-2-4-12(11-8-17-19-10-11)13(14)6-3-7-18-15/h2,4-5,8,10,15-16H,3,6-7,9H2,1H3. The van der Waals surface area contributed by atoms with E-state index in [-0.39, 0.29) is 6.10 Å². The van der Waals surface area contributed by atoms with Crippen LogP contribution in [0.15, 0.2) is 35.2 Å². The van der Waals surface area contributed by atoms with E-state index >= 15 is 0 Å². The number of fused-ring (bicyclic) bond motifs is 1. The van der Waals surface area contributed by atoms with Crippen LogP contribution < -0.4 is 5.32 Å². The van der Waals surface area contributed by atoms with E-state index in [0.29, 0.717) is 0 Å². The summed E-state index contributed by atoms with van der Waals surface area (Å²) in [4.78, 5) is 0. The van der Waals surface area contributed by atoms with Gasteiger partial charge in [0.2, 0.25) is 0 Å². The highest BCUT2D eigenvalue weighted by atomic mass is 16.5. The molecule has 0 saturated heterocycles. The molecule has 4 heteroatoms. The van der Waals surface area contributed by atoms with E-state index in [2.05, 4.69) is 28.7 Å².